The average molecular weight is 1090 g/mol. The number of hydrogen-bond acceptors (Lipinski definition) is 1. The molecule has 0 N–H and O–H groups in total. The van der Waals surface area contributed by atoms with Gasteiger partial charge < -0.3 is 4.90 Å². The van der Waals surface area contributed by atoms with Gasteiger partial charge in [-0.15, -0.1) is 0 Å². The molecule has 1 nitrogen and oxygen atoms in total. The second kappa shape index (κ2) is 19.5. The van der Waals surface area contributed by atoms with Crippen LogP contribution in [0.25, 0.3) is 89.0 Å². The van der Waals surface area contributed by atoms with Crippen LogP contribution in [0.3, 0.4) is 0 Å². The van der Waals surface area contributed by atoms with E-state index in [2.05, 4.69) is 333 Å². The van der Waals surface area contributed by atoms with Crippen molar-refractivity contribution < 1.29 is 0 Å². The highest BCUT2D eigenvalue weighted by Crippen LogP contribution is 2.64. The third kappa shape index (κ3) is 8.11. The first-order valence-electron chi connectivity index (χ1n) is 30.3. The Bertz CT molecular complexity index is 4570. The molecule has 3 aliphatic rings. The zero-order chi connectivity index (χ0) is 58.0. The van der Waals surface area contributed by atoms with Gasteiger partial charge in [0.25, 0.3) is 0 Å². The molecule has 85 heavy (non-hydrogen) atoms. The van der Waals surface area contributed by atoms with E-state index in [1.165, 1.54) is 128 Å². The van der Waals surface area contributed by atoms with Crippen molar-refractivity contribution in [3.05, 3.63) is 317 Å². The molecule has 0 atom stereocenters. The summed E-state index contributed by atoms with van der Waals surface area (Å²) in [5.74, 6) is 0. The van der Waals surface area contributed by atoms with Crippen molar-refractivity contribution in [2.75, 3.05) is 4.90 Å². The Morgan fingerprint density at radius 2 is 0.682 bits per heavy atom. The number of nitrogens with zero attached hydrogens (tertiary/aromatic N) is 1. The molecule has 12 aromatic rings. The first kappa shape index (κ1) is 52.3. The largest absolute Gasteiger partial charge is 0.309 e. The van der Waals surface area contributed by atoms with Gasteiger partial charge in [-0.25, -0.2) is 0 Å². The smallest absolute Gasteiger partial charge is 0.0725 e. The Morgan fingerprint density at radius 1 is 0.259 bits per heavy atom. The van der Waals surface area contributed by atoms with E-state index < -0.39 is 5.41 Å². The van der Waals surface area contributed by atoms with E-state index in [0.717, 1.165) is 22.6 Å². The van der Waals surface area contributed by atoms with E-state index in [9.17, 15) is 0 Å². The van der Waals surface area contributed by atoms with Crippen LogP contribution in [0.5, 0.6) is 0 Å². The second-order valence-electron chi connectivity index (χ2n) is 26.3. The molecule has 3 aliphatic carbocycles. The molecule has 0 fully saturated rings. The summed E-state index contributed by atoms with van der Waals surface area (Å²) >= 11 is 0. The van der Waals surface area contributed by atoms with Crippen LogP contribution in [0.1, 0.15) is 99.9 Å². The number of rotatable bonds is 8. The van der Waals surface area contributed by atoms with Crippen molar-refractivity contribution in [1.82, 2.24) is 0 Å². The van der Waals surface area contributed by atoms with Crippen molar-refractivity contribution in [2.24, 2.45) is 0 Å². The van der Waals surface area contributed by atoms with Crippen LogP contribution in [-0.4, -0.2) is 0 Å². The Balaban J connectivity index is 0.911. The molecular formula is C84H69N. The van der Waals surface area contributed by atoms with Crippen molar-refractivity contribution in [3.8, 4) is 89.0 Å². The maximum atomic E-state index is 2.54. The number of para-hydroxylation sites is 2. The third-order valence-electron chi connectivity index (χ3n) is 19.1. The summed E-state index contributed by atoms with van der Waals surface area (Å²) < 4.78 is 0. The van der Waals surface area contributed by atoms with Crippen LogP contribution >= 0.6 is 0 Å². The Hall–Kier alpha value is -9.56. The van der Waals surface area contributed by atoms with Gasteiger partial charge in [-0.05, 0) is 164 Å². The molecule has 0 saturated heterocycles. The summed E-state index contributed by atoms with van der Waals surface area (Å²) in [5.41, 5.74) is 33.4. The van der Waals surface area contributed by atoms with Crippen molar-refractivity contribution in [2.45, 2.75) is 77.0 Å². The first-order valence-corrected chi connectivity index (χ1v) is 30.3. The van der Waals surface area contributed by atoms with Gasteiger partial charge in [0.05, 0.1) is 16.8 Å². The van der Waals surface area contributed by atoms with Crippen LogP contribution in [0.2, 0.25) is 0 Å². The van der Waals surface area contributed by atoms with Crippen molar-refractivity contribution in [3.63, 3.8) is 0 Å². The van der Waals surface area contributed by atoms with Crippen LogP contribution in [-0.2, 0) is 21.7 Å². The molecule has 12 aromatic carbocycles. The summed E-state index contributed by atoms with van der Waals surface area (Å²) in [6.45, 7) is 18.8. The third-order valence-corrected chi connectivity index (χ3v) is 19.1. The molecule has 15 rings (SSSR count). The molecule has 410 valence electrons. The second-order valence-corrected chi connectivity index (χ2v) is 26.3. The lowest BCUT2D eigenvalue weighted by atomic mass is 9.68. The minimum atomic E-state index is -0.457. The van der Waals surface area contributed by atoms with Crippen LogP contribution < -0.4 is 4.90 Å². The molecule has 0 bridgehead atoms. The predicted molar refractivity (Wildman–Crippen MR) is 360 cm³/mol. The lowest BCUT2D eigenvalue weighted by molar-refractivity contribution is 0.586. The average Bonchev–Trinajstić information content (AvgIpc) is 1.52. The lowest BCUT2D eigenvalue weighted by Gasteiger charge is -2.33. The molecule has 0 saturated carbocycles. The fraction of sp³-hybridized carbons (Fsp3) is 0.143. The molecule has 1 heteroatoms. The van der Waals surface area contributed by atoms with Gasteiger partial charge in [0.2, 0.25) is 0 Å². The minimum Gasteiger partial charge on any atom is -0.309 e. The van der Waals surface area contributed by atoms with E-state index in [1.54, 1.807) is 0 Å². The van der Waals surface area contributed by atoms with Gasteiger partial charge in [0.15, 0.2) is 0 Å². The maximum absolute atomic E-state index is 2.54. The van der Waals surface area contributed by atoms with Gasteiger partial charge in [-0.3, -0.25) is 0 Å². The van der Waals surface area contributed by atoms with Gasteiger partial charge in [-0.1, -0.05) is 298 Å². The molecule has 0 heterocycles. The van der Waals surface area contributed by atoms with Gasteiger partial charge in [0, 0.05) is 22.2 Å². The lowest BCUT2D eigenvalue weighted by Crippen LogP contribution is -2.27. The fourth-order valence-electron chi connectivity index (χ4n) is 14.8. The van der Waals surface area contributed by atoms with Gasteiger partial charge in [0.1, 0.15) is 0 Å². The summed E-state index contributed by atoms with van der Waals surface area (Å²) in [6.07, 6.45) is 0. The number of benzene rings is 12. The Kier molecular flexibility index (Phi) is 12.0. The number of hydrogen-bond donors (Lipinski definition) is 0. The number of anilines is 3. The summed E-state index contributed by atoms with van der Waals surface area (Å²) in [4.78, 5) is 2.52. The van der Waals surface area contributed by atoms with E-state index in [0.29, 0.717) is 0 Å². The first-order chi connectivity index (χ1) is 41.2. The zero-order valence-corrected chi connectivity index (χ0v) is 49.9. The fourth-order valence-corrected chi connectivity index (χ4v) is 14.8. The monoisotopic (exact) mass is 1090 g/mol. The van der Waals surface area contributed by atoms with Gasteiger partial charge in [-0.2, -0.15) is 0 Å². The predicted octanol–water partition coefficient (Wildman–Crippen LogP) is 22.7. The Morgan fingerprint density at radius 3 is 1.28 bits per heavy atom. The summed E-state index contributed by atoms with van der Waals surface area (Å²) in [6, 6.07) is 103. The Labute approximate surface area is 502 Å². The highest BCUT2D eigenvalue weighted by atomic mass is 15.1. The van der Waals surface area contributed by atoms with Crippen LogP contribution in [0, 0.1) is 0 Å². The van der Waals surface area contributed by atoms with E-state index in [1.807, 2.05) is 0 Å². The highest BCUT2D eigenvalue weighted by Gasteiger charge is 2.52. The van der Waals surface area contributed by atoms with Gasteiger partial charge >= 0.3 is 0 Å². The van der Waals surface area contributed by atoms with Crippen LogP contribution in [0.4, 0.5) is 17.1 Å². The highest BCUT2D eigenvalue weighted by molar-refractivity contribution is 6.03. The molecule has 0 unspecified atom stereocenters. The van der Waals surface area contributed by atoms with Crippen molar-refractivity contribution >= 4 is 17.1 Å². The molecule has 0 aromatic heterocycles. The van der Waals surface area contributed by atoms with Crippen LogP contribution in [0.15, 0.2) is 273 Å². The number of fused-ring (bicyclic) bond motifs is 13. The normalized spacial score (nSPS) is 13.8. The van der Waals surface area contributed by atoms with E-state index >= 15 is 0 Å². The minimum absolute atomic E-state index is 0.0114. The molecule has 1 spiro atoms. The summed E-state index contributed by atoms with van der Waals surface area (Å²) in [5, 5.41) is 0. The molecular weight excluding hydrogens is 1020 g/mol. The summed E-state index contributed by atoms with van der Waals surface area (Å²) in [7, 11) is 0. The molecule has 0 radical (unpaired) electrons. The van der Waals surface area contributed by atoms with E-state index in [-0.39, 0.29) is 16.2 Å². The maximum Gasteiger partial charge on any atom is 0.0725 e. The van der Waals surface area contributed by atoms with Crippen molar-refractivity contribution in [1.29, 1.82) is 0 Å². The van der Waals surface area contributed by atoms with E-state index in [4.69, 9.17) is 0 Å². The molecule has 0 amide bonds. The zero-order valence-electron chi connectivity index (χ0n) is 49.9. The SMILES string of the molecule is CC(C)(C)c1ccc2c(c1)C1(c3ccccc3-c3cc(-c4ccc(N(c5ccccc5-c5ccccc5-c5ccccc5-c5ccccc5)c5ccccc5-c5cccc6c5-c5ccccc5C6(C)C)cc4)ccc31)c1cc(C(C)(C)C)ccc1-2. The topological polar surface area (TPSA) is 3.24 Å². The molecule has 0 aliphatic heterocycles. The quantitative estimate of drug-likeness (QED) is 0.147. The standard InChI is InChI=1S/C84H69N/c1-81(2,3)57-44-48-65-66-49-45-58(82(4,5)6)53-77(66)84(76(65)52-57)73-37-21-16-31-64(73)71-51-56(43-50-74(71)84)54-41-46-59(47-42-54)85(79-40-23-19-33-68(79)69-35-24-38-75-80(69)70-34-17-20-36-72(70)83(75,7)8)78-39-22-18-32-67(78)63-30-15-14-29-62(63)61-28-13-12-27-60(61)55-25-10-9-11-26-55/h9-53H,1-8H3.